The van der Waals surface area contributed by atoms with Crippen LogP contribution in [0.3, 0.4) is 0 Å². The van der Waals surface area contributed by atoms with Gasteiger partial charge in [-0.2, -0.15) is 0 Å². The van der Waals surface area contributed by atoms with Crippen molar-refractivity contribution in [3.05, 3.63) is 205 Å². The third kappa shape index (κ3) is 4.78. The Labute approximate surface area is 322 Å². The average molecular weight is 699 g/mol. The smallest absolute Gasteiger partial charge is 0.0165 e. The Morgan fingerprint density at radius 2 is 0.909 bits per heavy atom. The average Bonchev–Trinajstić information content (AvgIpc) is 3.49. The molecule has 0 saturated heterocycles. The maximum absolute atomic E-state index is 2.38. The molecule has 258 valence electrons. The van der Waals surface area contributed by atoms with Crippen molar-refractivity contribution in [1.82, 2.24) is 0 Å². The van der Waals surface area contributed by atoms with Crippen molar-refractivity contribution >= 4 is 43.1 Å². The summed E-state index contributed by atoms with van der Waals surface area (Å²) in [5, 5.41) is 10.3. The van der Waals surface area contributed by atoms with Crippen LogP contribution >= 0.6 is 0 Å². The molecule has 0 bridgehead atoms. The molecule has 0 heterocycles. The van der Waals surface area contributed by atoms with Crippen LogP contribution in [0.2, 0.25) is 0 Å². The Kier molecular flexibility index (Phi) is 7.00. The quantitative estimate of drug-likeness (QED) is 0.127. The van der Waals surface area contributed by atoms with E-state index >= 15 is 0 Å². The minimum Gasteiger partial charge on any atom is -0.0622 e. The molecule has 55 heavy (non-hydrogen) atoms. The summed E-state index contributed by atoms with van der Waals surface area (Å²) in [5.41, 5.74) is 15.5. The SMILES string of the molecule is CC1(C)c2ccccc2-c2ccc3cc(-c4cccc(-c5ccccc5-c5c6ccccc6c(-c6ccccc6)c6ccc7ccccc7c56)c4)ccc3c21. The monoisotopic (exact) mass is 698 g/mol. The first-order chi connectivity index (χ1) is 27.1. The topological polar surface area (TPSA) is 0 Å². The van der Waals surface area contributed by atoms with Crippen LogP contribution in [0.1, 0.15) is 25.0 Å². The molecule has 0 fully saturated rings. The lowest BCUT2D eigenvalue weighted by atomic mass is 9.80. The van der Waals surface area contributed by atoms with E-state index in [1.807, 2.05) is 0 Å². The third-order valence-corrected chi connectivity index (χ3v) is 12.2. The summed E-state index contributed by atoms with van der Waals surface area (Å²) in [4.78, 5) is 0. The predicted molar refractivity (Wildman–Crippen MR) is 236 cm³/mol. The second-order valence-electron chi connectivity index (χ2n) is 15.6. The molecule has 0 unspecified atom stereocenters. The highest BCUT2D eigenvalue weighted by molar-refractivity contribution is 6.28. The molecule has 0 aliphatic heterocycles. The predicted octanol–water partition coefficient (Wildman–Crippen LogP) is 15.3. The van der Waals surface area contributed by atoms with Crippen LogP contribution in [0.5, 0.6) is 0 Å². The fourth-order valence-electron chi connectivity index (χ4n) is 9.77. The van der Waals surface area contributed by atoms with Crippen LogP contribution in [0, 0.1) is 0 Å². The van der Waals surface area contributed by atoms with Gasteiger partial charge in [0.05, 0.1) is 0 Å². The van der Waals surface area contributed by atoms with Crippen molar-refractivity contribution in [2.24, 2.45) is 0 Å². The summed E-state index contributed by atoms with van der Waals surface area (Å²) < 4.78 is 0. The number of hydrogen-bond donors (Lipinski definition) is 0. The van der Waals surface area contributed by atoms with Crippen LogP contribution in [-0.2, 0) is 5.41 Å². The Bertz CT molecular complexity index is 3160. The molecular formula is C55H38. The van der Waals surface area contributed by atoms with Gasteiger partial charge in [0.25, 0.3) is 0 Å². The fourth-order valence-corrected chi connectivity index (χ4v) is 9.77. The van der Waals surface area contributed by atoms with Gasteiger partial charge in [0.15, 0.2) is 0 Å². The fraction of sp³-hybridized carbons (Fsp3) is 0.0545. The van der Waals surface area contributed by atoms with Gasteiger partial charge in [-0.25, -0.2) is 0 Å². The van der Waals surface area contributed by atoms with E-state index in [4.69, 9.17) is 0 Å². The van der Waals surface area contributed by atoms with E-state index in [0.29, 0.717) is 0 Å². The van der Waals surface area contributed by atoms with E-state index in [1.165, 1.54) is 110 Å². The zero-order valence-corrected chi connectivity index (χ0v) is 31.0. The van der Waals surface area contributed by atoms with Crippen molar-refractivity contribution < 1.29 is 0 Å². The molecule has 0 saturated carbocycles. The van der Waals surface area contributed by atoms with Crippen LogP contribution in [0.25, 0.3) is 98.7 Å². The maximum Gasteiger partial charge on any atom is 0.0165 e. The van der Waals surface area contributed by atoms with Gasteiger partial charge < -0.3 is 0 Å². The van der Waals surface area contributed by atoms with Crippen LogP contribution < -0.4 is 0 Å². The van der Waals surface area contributed by atoms with Gasteiger partial charge in [-0.15, -0.1) is 0 Å². The lowest BCUT2D eigenvalue weighted by Gasteiger charge is -2.23. The van der Waals surface area contributed by atoms with Crippen molar-refractivity contribution in [3.8, 4) is 55.6 Å². The first-order valence-electron chi connectivity index (χ1n) is 19.4. The summed E-state index contributed by atoms with van der Waals surface area (Å²) in [6.07, 6.45) is 0. The largest absolute Gasteiger partial charge is 0.0622 e. The van der Waals surface area contributed by atoms with Gasteiger partial charge in [0.2, 0.25) is 0 Å². The highest BCUT2D eigenvalue weighted by Crippen LogP contribution is 2.52. The lowest BCUT2D eigenvalue weighted by molar-refractivity contribution is 0.666. The van der Waals surface area contributed by atoms with E-state index in [2.05, 4.69) is 208 Å². The molecule has 1 aliphatic carbocycles. The minimum absolute atomic E-state index is 0.0461. The minimum atomic E-state index is -0.0461. The van der Waals surface area contributed by atoms with Crippen molar-refractivity contribution in [2.75, 3.05) is 0 Å². The molecule has 0 heteroatoms. The first-order valence-corrected chi connectivity index (χ1v) is 19.4. The van der Waals surface area contributed by atoms with E-state index in [1.54, 1.807) is 0 Å². The zero-order chi connectivity index (χ0) is 36.7. The molecule has 0 amide bonds. The Hall–Kier alpha value is -6.76. The lowest BCUT2D eigenvalue weighted by Crippen LogP contribution is -2.15. The van der Waals surface area contributed by atoms with Gasteiger partial charge in [0.1, 0.15) is 0 Å². The number of benzene rings is 10. The maximum atomic E-state index is 2.38. The van der Waals surface area contributed by atoms with Crippen molar-refractivity contribution in [3.63, 3.8) is 0 Å². The number of fused-ring (bicyclic) bond motifs is 9. The standard InChI is InChI=1S/C55H38/c1-55(2)50-26-13-12-22-44(50)48-31-29-40-34-38(28-30-43(40)54(48)55)37-18-14-19-39(33-37)41-20-8-9-23-45(41)53-47-25-11-10-24-46(47)51(36-16-4-3-5-17-36)49-32-27-35-15-6-7-21-42(35)52(49)53/h3-34H,1-2H3. The van der Waals surface area contributed by atoms with E-state index in [-0.39, 0.29) is 5.41 Å². The van der Waals surface area contributed by atoms with Crippen LogP contribution in [-0.4, -0.2) is 0 Å². The van der Waals surface area contributed by atoms with Crippen molar-refractivity contribution in [1.29, 1.82) is 0 Å². The van der Waals surface area contributed by atoms with E-state index < -0.39 is 0 Å². The molecule has 0 N–H and O–H groups in total. The Morgan fingerprint density at radius 3 is 1.75 bits per heavy atom. The molecular weight excluding hydrogens is 661 g/mol. The zero-order valence-electron chi connectivity index (χ0n) is 31.0. The molecule has 0 atom stereocenters. The van der Waals surface area contributed by atoms with Gasteiger partial charge in [0, 0.05) is 5.41 Å². The van der Waals surface area contributed by atoms with Crippen LogP contribution in [0.15, 0.2) is 194 Å². The molecule has 0 nitrogen and oxygen atoms in total. The highest BCUT2D eigenvalue weighted by atomic mass is 14.4. The van der Waals surface area contributed by atoms with E-state index in [0.717, 1.165) is 0 Å². The van der Waals surface area contributed by atoms with Gasteiger partial charge in [-0.1, -0.05) is 196 Å². The van der Waals surface area contributed by atoms with E-state index in [9.17, 15) is 0 Å². The molecule has 1 aliphatic rings. The molecule has 10 aromatic rings. The second kappa shape index (κ2) is 12.1. The molecule has 0 radical (unpaired) electrons. The summed E-state index contributed by atoms with van der Waals surface area (Å²) in [5.74, 6) is 0. The molecule has 11 rings (SSSR count). The number of hydrogen-bond acceptors (Lipinski definition) is 0. The van der Waals surface area contributed by atoms with Gasteiger partial charge in [-0.05, 0) is 122 Å². The Morgan fingerprint density at radius 1 is 0.309 bits per heavy atom. The summed E-state index contributed by atoms with van der Waals surface area (Å²) in [6.45, 7) is 4.74. The normalized spacial score (nSPS) is 13.1. The summed E-state index contributed by atoms with van der Waals surface area (Å²) >= 11 is 0. The third-order valence-electron chi connectivity index (χ3n) is 12.2. The summed E-state index contributed by atoms with van der Waals surface area (Å²) in [7, 11) is 0. The van der Waals surface area contributed by atoms with Gasteiger partial charge >= 0.3 is 0 Å². The molecule has 10 aromatic carbocycles. The summed E-state index contributed by atoms with van der Waals surface area (Å²) in [6, 6.07) is 72.1. The van der Waals surface area contributed by atoms with Crippen LogP contribution in [0.4, 0.5) is 0 Å². The highest BCUT2D eigenvalue weighted by Gasteiger charge is 2.36. The number of rotatable bonds is 4. The second-order valence-corrected chi connectivity index (χ2v) is 15.6. The molecule has 0 spiro atoms. The Balaban J connectivity index is 1.11. The van der Waals surface area contributed by atoms with Crippen molar-refractivity contribution in [2.45, 2.75) is 19.3 Å². The molecule has 0 aromatic heterocycles. The van der Waals surface area contributed by atoms with Gasteiger partial charge in [-0.3, -0.25) is 0 Å². The first kappa shape index (κ1) is 31.7.